The third-order valence-corrected chi connectivity index (χ3v) is 5.98. The van der Waals surface area contributed by atoms with Gasteiger partial charge in [0.05, 0.1) is 17.2 Å². The number of hydrogen-bond acceptors (Lipinski definition) is 5. The maximum atomic E-state index is 12.5. The van der Waals surface area contributed by atoms with Crippen molar-refractivity contribution in [2.75, 3.05) is 39.3 Å². The highest BCUT2D eigenvalue weighted by Crippen LogP contribution is 2.09. The summed E-state index contributed by atoms with van der Waals surface area (Å²) in [6.07, 6.45) is 3.43. The largest absolute Gasteiger partial charge is 0.355 e. The van der Waals surface area contributed by atoms with Crippen molar-refractivity contribution in [2.45, 2.75) is 25.9 Å². The molecule has 1 amide bonds. The monoisotopic (exact) mass is 433 g/mol. The molecule has 0 radical (unpaired) electrons. The van der Waals surface area contributed by atoms with Crippen molar-refractivity contribution >= 4 is 16.8 Å². The Morgan fingerprint density at radius 1 is 0.906 bits per heavy atom. The molecule has 1 aromatic heterocycles. The second-order valence-corrected chi connectivity index (χ2v) is 8.36. The Morgan fingerprint density at radius 3 is 2.44 bits per heavy atom. The number of amides is 1. The van der Waals surface area contributed by atoms with E-state index in [2.05, 4.69) is 50.4 Å². The van der Waals surface area contributed by atoms with Crippen molar-refractivity contribution in [1.82, 2.24) is 24.7 Å². The lowest BCUT2D eigenvalue weighted by Gasteiger charge is -2.34. The summed E-state index contributed by atoms with van der Waals surface area (Å²) in [5, 5.41) is 3.46. The van der Waals surface area contributed by atoms with E-state index in [0.717, 1.165) is 52.1 Å². The minimum atomic E-state index is -0.183. The number of aromatic nitrogens is 2. The van der Waals surface area contributed by atoms with Gasteiger partial charge in [0.1, 0.15) is 6.54 Å². The van der Waals surface area contributed by atoms with Crippen molar-refractivity contribution in [2.24, 2.45) is 0 Å². The average molecular weight is 434 g/mol. The van der Waals surface area contributed by atoms with Gasteiger partial charge in [-0.2, -0.15) is 0 Å². The fraction of sp³-hybridized carbons (Fsp3) is 0.400. The molecule has 0 spiro atoms. The zero-order valence-electron chi connectivity index (χ0n) is 18.4. The first-order chi connectivity index (χ1) is 15.7. The third-order valence-electron chi connectivity index (χ3n) is 5.98. The second kappa shape index (κ2) is 11.0. The van der Waals surface area contributed by atoms with E-state index in [4.69, 9.17) is 0 Å². The minimum Gasteiger partial charge on any atom is -0.355 e. The normalized spacial score (nSPS) is 15.1. The number of para-hydroxylation sites is 1. The fourth-order valence-electron chi connectivity index (χ4n) is 4.13. The van der Waals surface area contributed by atoms with Crippen molar-refractivity contribution < 1.29 is 4.79 Å². The van der Waals surface area contributed by atoms with Gasteiger partial charge in [0, 0.05) is 39.3 Å². The average Bonchev–Trinajstić information content (AvgIpc) is 2.82. The van der Waals surface area contributed by atoms with E-state index in [1.54, 1.807) is 18.2 Å². The highest BCUT2D eigenvalue weighted by Gasteiger charge is 2.16. The van der Waals surface area contributed by atoms with Crippen LogP contribution in [0.2, 0.25) is 0 Å². The van der Waals surface area contributed by atoms with Crippen LogP contribution in [0.3, 0.4) is 0 Å². The Morgan fingerprint density at radius 2 is 1.62 bits per heavy atom. The lowest BCUT2D eigenvalue weighted by atomic mass is 10.2. The number of benzene rings is 2. The molecule has 1 saturated heterocycles. The fourth-order valence-corrected chi connectivity index (χ4v) is 4.13. The summed E-state index contributed by atoms with van der Waals surface area (Å²) in [4.78, 5) is 34.0. The van der Waals surface area contributed by atoms with Gasteiger partial charge in [0.2, 0.25) is 5.91 Å². The van der Waals surface area contributed by atoms with Crippen molar-refractivity contribution in [3.05, 3.63) is 76.8 Å². The van der Waals surface area contributed by atoms with Gasteiger partial charge in [0.15, 0.2) is 0 Å². The molecule has 0 bridgehead atoms. The number of unbranched alkanes of at least 4 members (excludes halogenated alkanes) is 1. The Kier molecular flexibility index (Phi) is 7.64. The lowest BCUT2D eigenvalue weighted by Crippen LogP contribution is -2.46. The Hall–Kier alpha value is -3.03. The maximum absolute atomic E-state index is 12.5. The topological polar surface area (TPSA) is 70.5 Å². The van der Waals surface area contributed by atoms with E-state index in [1.165, 1.54) is 16.5 Å². The lowest BCUT2D eigenvalue weighted by molar-refractivity contribution is -0.121. The second-order valence-electron chi connectivity index (χ2n) is 8.36. The Balaban J connectivity index is 1.11. The first-order valence-electron chi connectivity index (χ1n) is 11.4. The molecule has 0 atom stereocenters. The van der Waals surface area contributed by atoms with Gasteiger partial charge >= 0.3 is 0 Å². The van der Waals surface area contributed by atoms with Crippen molar-refractivity contribution in [3.8, 4) is 0 Å². The van der Waals surface area contributed by atoms with Gasteiger partial charge in [-0.1, -0.05) is 42.5 Å². The van der Waals surface area contributed by atoms with Crippen LogP contribution in [0.1, 0.15) is 18.4 Å². The molecular weight excluding hydrogens is 402 g/mol. The molecule has 3 aromatic rings. The summed E-state index contributed by atoms with van der Waals surface area (Å²) in [6, 6.07) is 17.8. The summed E-state index contributed by atoms with van der Waals surface area (Å²) in [6.45, 7) is 7.09. The predicted octanol–water partition coefficient (Wildman–Crippen LogP) is 2.11. The maximum Gasteiger partial charge on any atom is 0.261 e. The standard InChI is InChI=1S/C25H31N5O2/c31-24(19-30-20-27-23-11-5-4-10-22(23)25(30)32)26-12-6-7-13-28-14-16-29(17-15-28)18-21-8-2-1-3-9-21/h1-5,8-11,20H,6-7,12-19H2,(H,26,31). The van der Waals surface area contributed by atoms with Gasteiger partial charge in [-0.3, -0.25) is 19.1 Å². The molecule has 2 heterocycles. The molecule has 0 aliphatic carbocycles. The summed E-state index contributed by atoms with van der Waals surface area (Å²) in [5.74, 6) is -0.154. The van der Waals surface area contributed by atoms with Crippen LogP contribution in [-0.2, 0) is 17.9 Å². The van der Waals surface area contributed by atoms with E-state index in [9.17, 15) is 9.59 Å². The van der Waals surface area contributed by atoms with Crippen LogP contribution in [0.4, 0.5) is 0 Å². The number of nitrogens with one attached hydrogen (secondary N) is 1. The van der Waals surface area contributed by atoms with Crippen LogP contribution in [0.25, 0.3) is 10.9 Å². The van der Waals surface area contributed by atoms with Crippen LogP contribution in [-0.4, -0.2) is 64.5 Å². The molecule has 0 unspecified atom stereocenters. The molecule has 4 rings (SSSR count). The van der Waals surface area contributed by atoms with E-state index < -0.39 is 0 Å². The first kappa shape index (κ1) is 22.2. The number of fused-ring (bicyclic) bond motifs is 1. The molecule has 1 N–H and O–H groups in total. The van der Waals surface area contributed by atoms with Crippen LogP contribution < -0.4 is 10.9 Å². The van der Waals surface area contributed by atoms with Crippen molar-refractivity contribution in [3.63, 3.8) is 0 Å². The number of piperazine rings is 1. The highest BCUT2D eigenvalue weighted by atomic mass is 16.2. The van der Waals surface area contributed by atoms with E-state index in [1.807, 2.05) is 6.07 Å². The van der Waals surface area contributed by atoms with Gasteiger partial charge in [-0.25, -0.2) is 4.98 Å². The molecule has 7 nitrogen and oxygen atoms in total. The predicted molar refractivity (Wildman–Crippen MR) is 126 cm³/mol. The first-order valence-corrected chi connectivity index (χ1v) is 11.4. The third kappa shape index (κ3) is 6.02. The van der Waals surface area contributed by atoms with Gasteiger partial charge < -0.3 is 10.2 Å². The number of hydrogen-bond donors (Lipinski definition) is 1. The van der Waals surface area contributed by atoms with E-state index in [-0.39, 0.29) is 18.0 Å². The summed E-state index contributed by atoms with van der Waals surface area (Å²) >= 11 is 0. The Bertz CT molecular complexity index is 1070. The number of nitrogens with zero attached hydrogens (tertiary/aromatic N) is 4. The minimum absolute atomic E-state index is 0.0000413. The zero-order chi connectivity index (χ0) is 22.2. The summed E-state index contributed by atoms with van der Waals surface area (Å²) in [5.41, 5.74) is 1.84. The van der Waals surface area contributed by atoms with Crippen LogP contribution in [0, 0.1) is 0 Å². The van der Waals surface area contributed by atoms with Crippen LogP contribution in [0.5, 0.6) is 0 Å². The van der Waals surface area contributed by atoms with E-state index >= 15 is 0 Å². The van der Waals surface area contributed by atoms with Crippen LogP contribution in [0.15, 0.2) is 65.7 Å². The number of carbonyl (C=O) groups excluding carboxylic acids is 1. The molecule has 1 fully saturated rings. The molecule has 168 valence electrons. The summed E-state index contributed by atoms with van der Waals surface area (Å²) in [7, 11) is 0. The zero-order valence-corrected chi connectivity index (χ0v) is 18.4. The van der Waals surface area contributed by atoms with Gasteiger partial charge in [-0.05, 0) is 37.1 Å². The molecule has 0 saturated carbocycles. The number of carbonyl (C=O) groups is 1. The smallest absolute Gasteiger partial charge is 0.261 e. The van der Waals surface area contributed by atoms with Gasteiger partial charge in [0.25, 0.3) is 5.56 Å². The quantitative estimate of drug-likeness (QED) is 0.524. The molecule has 2 aromatic carbocycles. The molecule has 32 heavy (non-hydrogen) atoms. The van der Waals surface area contributed by atoms with Crippen molar-refractivity contribution in [1.29, 1.82) is 0 Å². The van der Waals surface area contributed by atoms with Gasteiger partial charge in [-0.15, -0.1) is 0 Å². The Labute approximate surface area is 188 Å². The molecule has 7 heteroatoms. The highest BCUT2D eigenvalue weighted by molar-refractivity contribution is 5.78. The molecule has 1 aliphatic heterocycles. The number of rotatable bonds is 9. The van der Waals surface area contributed by atoms with E-state index in [0.29, 0.717) is 17.4 Å². The summed E-state index contributed by atoms with van der Waals surface area (Å²) < 4.78 is 1.37. The SMILES string of the molecule is O=C(Cn1cnc2ccccc2c1=O)NCCCCN1CCN(Cc2ccccc2)CC1. The van der Waals surface area contributed by atoms with Crippen LogP contribution >= 0.6 is 0 Å². The molecular formula is C25H31N5O2. The molecule has 1 aliphatic rings.